The highest BCUT2D eigenvalue weighted by Crippen LogP contribution is 2.20. The van der Waals surface area contributed by atoms with Gasteiger partial charge in [-0.25, -0.2) is 0 Å². The summed E-state index contributed by atoms with van der Waals surface area (Å²) in [5.74, 6) is -0.120. The molecule has 0 bridgehead atoms. The van der Waals surface area contributed by atoms with Gasteiger partial charge >= 0.3 is 0 Å². The molecule has 4 N–H and O–H groups in total. The van der Waals surface area contributed by atoms with E-state index in [1.54, 1.807) is 11.8 Å². The second kappa shape index (κ2) is 12.3. The van der Waals surface area contributed by atoms with E-state index in [0.29, 0.717) is 44.8 Å². The Morgan fingerprint density at radius 3 is 2.65 bits per heavy atom. The van der Waals surface area contributed by atoms with Gasteiger partial charge in [0.15, 0.2) is 0 Å². The molecular weight excluding hydrogens is 512 g/mol. The summed E-state index contributed by atoms with van der Waals surface area (Å²) >= 11 is 0. The molecule has 1 fully saturated rings. The van der Waals surface area contributed by atoms with Crippen molar-refractivity contribution in [2.24, 2.45) is 0 Å². The van der Waals surface area contributed by atoms with Crippen molar-refractivity contribution in [3.8, 4) is 0 Å². The van der Waals surface area contributed by atoms with Gasteiger partial charge in [-0.15, -0.1) is 10.2 Å². The highest BCUT2D eigenvalue weighted by Gasteiger charge is 2.28. The topological polar surface area (TPSA) is 154 Å². The van der Waals surface area contributed by atoms with Gasteiger partial charge in [0.1, 0.15) is 17.9 Å². The number of rotatable bonds is 3. The number of H-pyrrole nitrogens is 1. The van der Waals surface area contributed by atoms with Crippen molar-refractivity contribution < 1.29 is 19.2 Å². The number of benzene rings is 1. The fraction of sp³-hybridized carbons (Fsp3) is 0.500. The van der Waals surface area contributed by atoms with Crippen LogP contribution < -0.4 is 16.0 Å². The van der Waals surface area contributed by atoms with Crippen molar-refractivity contribution in [3.63, 3.8) is 0 Å². The van der Waals surface area contributed by atoms with Crippen molar-refractivity contribution in [2.45, 2.75) is 70.5 Å². The molecule has 12 heteroatoms. The number of aryl methyl sites for hydroxylation is 1. The molecule has 3 aromatic rings. The van der Waals surface area contributed by atoms with Crippen LogP contribution in [0.5, 0.6) is 0 Å². The summed E-state index contributed by atoms with van der Waals surface area (Å²) in [6, 6.07) is 6.11. The number of amides is 4. The Morgan fingerprint density at radius 2 is 1.77 bits per heavy atom. The lowest BCUT2D eigenvalue weighted by Crippen LogP contribution is -2.53. The lowest BCUT2D eigenvalue weighted by Gasteiger charge is -2.23. The lowest BCUT2D eigenvalue weighted by atomic mass is 10.0. The minimum atomic E-state index is -0.837. The highest BCUT2D eigenvalue weighted by molar-refractivity contribution is 5.93. The maximum atomic E-state index is 13.5. The number of fused-ring (bicyclic) bond motifs is 2. The van der Waals surface area contributed by atoms with E-state index in [0.717, 1.165) is 41.6 Å². The summed E-state index contributed by atoms with van der Waals surface area (Å²) < 4.78 is 1.89. The molecule has 2 aromatic heterocycles. The highest BCUT2D eigenvalue weighted by atomic mass is 16.2. The first-order valence-corrected chi connectivity index (χ1v) is 14.0. The van der Waals surface area contributed by atoms with E-state index in [4.69, 9.17) is 0 Å². The summed E-state index contributed by atoms with van der Waals surface area (Å²) in [6.07, 6.45) is 6.04. The fourth-order valence-electron chi connectivity index (χ4n) is 5.36. The van der Waals surface area contributed by atoms with Crippen molar-refractivity contribution >= 4 is 34.5 Å². The zero-order chi connectivity index (χ0) is 28.1. The van der Waals surface area contributed by atoms with Crippen LogP contribution in [0.15, 0.2) is 30.5 Å². The molecule has 1 aromatic carbocycles. The van der Waals surface area contributed by atoms with Crippen LogP contribution in [0.2, 0.25) is 0 Å². The number of carbonyl (C=O) groups excluding carboxylic acids is 4. The van der Waals surface area contributed by atoms with E-state index in [-0.39, 0.29) is 30.6 Å². The van der Waals surface area contributed by atoms with E-state index < -0.39 is 18.0 Å². The zero-order valence-corrected chi connectivity index (χ0v) is 22.7. The maximum Gasteiger partial charge on any atom is 0.291 e. The number of para-hydroxylation sites is 1. The summed E-state index contributed by atoms with van der Waals surface area (Å²) in [4.78, 5) is 57.2. The van der Waals surface area contributed by atoms with Crippen molar-refractivity contribution in [1.82, 2.24) is 40.6 Å². The second-order valence-corrected chi connectivity index (χ2v) is 10.5. The molecule has 0 spiro atoms. The fourth-order valence-corrected chi connectivity index (χ4v) is 5.36. The van der Waals surface area contributed by atoms with Gasteiger partial charge in [0, 0.05) is 62.5 Å². The molecule has 2 atom stereocenters. The van der Waals surface area contributed by atoms with Gasteiger partial charge in [-0.2, -0.15) is 0 Å². The predicted octanol–water partition coefficient (Wildman–Crippen LogP) is 1.07. The molecule has 40 heavy (non-hydrogen) atoms. The van der Waals surface area contributed by atoms with Gasteiger partial charge in [-0.05, 0) is 44.2 Å². The SMILES string of the molecule is C[C@@H]1NC(=O)CCCN(C(=O)c2nnc3n2CCCC3)CCCNC(=O)[C@@H](Cc2c[nH]c3ccccc23)NC1=O. The van der Waals surface area contributed by atoms with Crippen LogP contribution >= 0.6 is 0 Å². The molecule has 2 aliphatic heterocycles. The molecular formula is C28H36N8O4. The van der Waals surface area contributed by atoms with Gasteiger partial charge in [0.2, 0.25) is 23.5 Å². The molecule has 0 saturated carbocycles. The number of hydrogen-bond donors (Lipinski definition) is 4. The largest absolute Gasteiger partial charge is 0.361 e. The van der Waals surface area contributed by atoms with Crippen LogP contribution in [0.1, 0.15) is 61.0 Å². The van der Waals surface area contributed by atoms with Gasteiger partial charge < -0.3 is 30.4 Å². The second-order valence-electron chi connectivity index (χ2n) is 10.5. The van der Waals surface area contributed by atoms with E-state index >= 15 is 0 Å². The van der Waals surface area contributed by atoms with Crippen LogP contribution in [0.25, 0.3) is 10.9 Å². The first-order valence-electron chi connectivity index (χ1n) is 14.0. The Kier molecular flexibility index (Phi) is 8.42. The van der Waals surface area contributed by atoms with Gasteiger partial charge in [-0.1, -0.05) is 18.2 Å². The summed E-state index contributed by atoms with van der Waals surface area (Å²) in [5, 5.41) is 17.8. The van der Waals surface area contributed by atoms with E-state index in [1.165, 1.54) is 0 Å². The molecule has 0 radical (unpaired) electrons. The third-order valence-electron chi connectivity index (χ3n) is 7.58. The number of aromatic amines is 1. The summed E-state index contributed by atoms with van der Waals surface area (Å²) in [5.41, 5.74) is 1.85. The first-order chi connectivity index (χ1) is 19.4. The first kappa shape index (κ1) is 27.4. The smallest absolute Gasteiger partial charge is 0.291 e. The van der Waals surface area contributed by atoms with Crippen LogP contribution in [0.4, 0.5) is 0 Å². The number of nitrogens with zero attached hydrogens (tertiary/aromatic N) is 4. The molecule has 4 heterocycles. The van der Waals surface area contributed by atoms with E-state index in [1.807, 2.05) is 35.0 Å². The Balaban J connectivity index is 1.31. The molecule has 0 aliphatic carbocycles. The minimum Gasteiger partial charge on any atom is -0.361 e. The maximum absolute atomic E-state index is 13.5. The summed E-state index contributed by atoms with van der Waals surface area (Å²) in [7, 11) is 0. The van der Waals surface area contributed by atoms with Crippen LogP contribution in [-0.2, 0) is 33.8 Å². The Bertz CT molecular complexity index is 1400. The normalized spacial score (nSPS) is 21.5. The zero-order valence-electron chi connectivity index (χ0n) is 22.7. The van der Waals surface area contributed by atoms with E-state index in [2.05, 4.69) is 31.1 Å². The molecule has 12 nitrogen and oxygen atoms in total. The summed E-state index contributed by atoms with van der Waals surface area (Å²) in [6.45, 7) is 3.38. The Morgan fingerprint density at radius 1 is 0.950 bits per heavy atom. The molecule has 5 rings (SSSR count). The molecule has 2 aliphatic rings. The number of hydrogen-bond acceptors (Lipinski definition) is 6. The third-order valence-corrected chi connectivity index (χ3v) is 7.58. The van der Waals surface area contributed by atoms with Crippen molar-refractivity contribution in [1.29, 1.82) is 0 Å². The third kappa shape index (κ3) is 6.16. The minimum absolute atomic E-state index is 0.162. The molecule has 212 valence electrons. The number of carbonyl (C=O) groups is 4. The van der Waals surface area contributed by atoms with Gasteiger partial charge in [-0.3, -0.25) is 19.2 Å². The predicted molar refractivity (Wildman–Crippen MR) is 147 cm³/mol. The molecule has 0 unspecified atom stereocenters. The van der Waals surface area contributed by atoms with Gasteiger partial charge in [0.25, 0.3) is 5.91 Å². The lowest BCUT2D eigenvalue weighted by molar-refractivity contribution is -0.131. The Labute approximate surface area is 232 Å². The molecule has 1 saturated heterocycles. The van der Waals surface area contributed by atoms with Crippen molar-refractivity contribution in [2.75, 3.05) is 19.6 Å². The average Bonchev–Trinajstić information content (AvgIpc) is 3.57. The average molecular weight is 549 g/mol. The monoisotopic (exact) mass is 548 g/mol. The standard InChI is InChI=1S/C28H36N8O4/c1-18-26(38)32-22(16-19-17-30-21-9-3-2-8-20(19)21)27(39)29-12-7-14-35(13-6-11-24(37)31-18)28(40)25-34-33-23-10-4-5-15-36(23)25/h2-3,8-9,17-18,22,30H,4-7,10-16H2,1H3,(H,29,39)(H,31,37)(H,32,38)/t18-,22+/m0/s1. The quantitative estimate of drug-likeness (QED) is 0.384. The number of aromatic nitrogens is 4. The Hall–Kier alpha value is -4.22. The van der Waals surface area contributed by atoms with E-state index in [9.17, 15) is 19.2 Å². The van der Waals surface area contributed by atoms with Gasteiger partial charge in [0.05, 0.1) is 0 Å². The van der Waals surface area contributed by atoms with Crippen LogP contribution in [0, 0.1) is 0 Å². The number of nitrogens with one attached hydrogen (secondary N) is 4. The van der Waals surface area contributed by atoms with Crippen LogP contribution in [0.3, 0.4) is 0 Å². The molecule has 4 amide bonds. The van der Waals surface area contributed by atoms with Crippen molar-refractivity contribution in [3.05, 3.63) is 47.7 Å². The van der Waals surface area contributed by atoms with Crippen LogP contribution in [-0.4, -0.2) is 80.0 Å².